The van der Waals surface area contributed by atoms with Crippen molar-refractivity contribution in [2.75, 3.05) is 26.2 Å². The number of rotatable bonds is 4. The van der Waals surface area contributed by atoms with Crippen molar-refractivity contribution in [3.63, 3.8) is 0 Å². The van der Waals surface area contributed by atoms with E-state index in [9.17, 15) is 13.6 Å². The summed E-state index contributed by atoms with van der Waals surface area (Å²) < 4.78 is 29.2. The van der Waals surface area contributed by atoms with Gasteiger partial charge in [-0.3, -0.25) is 0 Å². The van der Waals surface area contributed by atoms with E-state index >= 15 is 0 Å². The van der Waals surface area contributed by atoms with Crippen molar-refractivity contribution in [1.29, 1.82) is 0 Å². The minimum atomic E-state index is -0.837. The molecule has 3 nitrogen and oxygen atoms in total. The molecule has 2 aromatic rings. The standard InChI is InChI=1S/C24H24ClF2N2O/c1-2-3-4-14-29(23(30)22-19(26)6-5-7-20(22)27)16-24(10-12-28-13-11-24)18-15-17(25)8-9-21(18)29/h1,5-9,15,28H,3-4,10-14,16H2/q+1. The Labute approximate surface area is 180 Å². The lowest BCUT2D eigenvalue weighted by Crippen LogP contribution is -2.58. The Morgan fingerprint density at radius 1 is 1.20 bits per heavy atom. The van der Waals surface area contributed by atoms with E-state index in [-0.39, 0.29) is 9.90 Å². The summed E-state index contributed by atoms with van der Waals surface area (Å²) in [4.78, 5) is 13.9. The molecule has 0 saturated carbocycles. The molecule has 1 saturated heterocycles. The fourth-order valence-electron chi connectivity index (χ4n) is 5.18. The quantitative estimate of drug-likeness (QED) is 0.429. The minimum absolute atomic E-state index is 0.133. The molecule has 0 bridgehead atoms. The molecule has 1 spiro atoms. The van der Waals surface area contributed by atoms with E-state index in [0.717, 1.165) is 49.3 Å². The Morgan fingerprint density at radius 3 is 2.57 bits per heavy atom. The van der Waals surface area contributed by atoms with E-state index in [4.69, 9.17) is 18.0 Å². The molecule has 1 fully saturated rings. The van der Waals surface area contributed by atoms with Gasteiger partial charge >= 0.3 is 5.91 Å². The molecule has 1 amide bonds. The number of carbonyl (C=O) groups is 1. The van der Waals surface area contributed by atoms with Crippen molar-refractivity contribution in [1.82, 2.24) is 9.80 Å². The molecule has 1 atom stereocenters. The molecule has 0 aliphatic carbocycles. The van der Waals surface area contributed by atoms with Gasteiger partial charge in [-0.05, 0) is 50.2 Å². The smallest absolute Gasteiger partial charge is 0.317 e. The topological polar surface area (TPSA) is 29.1 Å². The molecule has 0 radical (unpaired) electrons. The number of nitrogens with zero attached hydrogens (tertiary/aromatic N) is 1. The highest BCUT2D eigenvalue weighted by Gasteiger charge is 2.58. The van der Waals surface area contributed by atoms with Gasteiger partial charge in [0, 0.05) is 29.5 Å². The normalized spacial score (nSPS) is 21.9. The molecular formula is C24H24ClF2N2O+. The van der Waals surface area contributed by atoms with Gasteiger partial charge in [0.2, 0.25) is 0 Å². The molecular weight excluding hydrogens is 406 g/mol. The number of quaternary nitrogens is 1. The number of hydrogen-bond donors (Lipinski definition) is 1. The van der Waals surface area contributed by atoms with Crippen LogP contribution in [0.1, 0.15) is 41.6 Å². The SMILES string of the molecule is C#CCCC[N+]1(C(=O)c2c(F)cccc2F)CC2(CCNCC2)c2cc(Cl)ccc21. The molecule has 156 valence electrons. The van der Waals surface area contributed by atoms with E-state index in [1.165, 1.54) is 6.07 Å². The maximum absolute atomic E-state index is 14.7. The number of amides is 1. The van der Waals surface area contributed by atoms with Gasteiger partial charge in [-0.25, -0.2) is 18.1 Å². The zero-order chi connectivity index (χ0) is 21.4. The van der Waals surface area contributed by atoms with Crippen LogP contribution in [0, 0.1) is 24.0 Å². The third-order valence-electron chi connectivity index (χ3n) is 6.55. The first kappa shape index (κ1) is 21.0. The van der Waals surface area contributed by atoms with Crippen LogP contribution in [-0.4, -0.2) is 32.1 Å². The lowest BCUT2D eigenvalue weighted by molar-refractivity contribution is 0.0729. The third-order valence-corrected chi connectivity index (χ3v) is 6.79. The van der Waals surface area contributed by atoms with Crippen LogP contribution in [0.25, 0.3) is 0 Å². The van der Waals surface area contributed by atoms with Crippen LogP contribution in [0.15, 0.2) is 36.4 Å². The fraction of sp³-hybridized carbons (Fsp3) is 0.375. The summed E-state index contributed by atoms with van der Waals surface area (Å²) in [5.41, 5.74) is 1.05. The Bertz CT molecular complexity index is 1010. The van der Waals surface area contributed by atoms with Crippen LogP contribution in [0.3, 0.4) is 0 Å². The number of unbranched alkanes of at least 4 members (excludes halogenated alkanes) is 1. The minimum Gasteiger partial charge on any atom is -0.317 e. The first-order chi connectivity index (χ1) is 14.4. The largest absolute Gasteiger partial charge is 0.356 e. The van der Waals surface area contributed by atoms with Crippen LogP contribution < -0.4 is 9.80 Å². The zero-order valence-corrected chi connectivity index (χ0v) is 17.4. The molecule has 2 aliphatic rings. The highest BCUT2D eigenvalue weighted by atomic mass is 35.5. The summed E-state index contributed by atoms with van der Waals surface area (Å²) in [6.45, 7) is 2.49. The van der Waals surface area contributed by atoms with Crippen molar-refractivity contribution in [3.8, 4) is 12.3 Å². The number of terminal acetylenes is 1. The van der Waals surface area contributed by atoms with E-state index in [1.807, 2.05) is 12.1 Å². The predicted octanol–water partition coefficient (Wildman–Crippen LogP) is 4.81. The van der Waals surface area contributed by atoms with Crippen molar-refractivity contribution >= 4 is 23.2 Å². The molecule has 1 N–H and O–H groups in total. The molecule has 0 aromatic heterocycles. The number of piperidine rings is 1. The average molecular weight is 430 g/mol. The van der Waals surface area contributed by atoms with Crippen molar-refractivity contribution in [2.24, 2.45) is 0 Å². The number of hydrogen-bond acceptors (Lipinski definition) is 2. The highest BCUT2D eigenvalue weighted by molar-refractivity contribution is 6.30. The summed E-state index contributed by atoms with van der Waals surface area (Å²) in [5.74, 6) is 0.386. The Balaban J connectivity index is 1.91. The van der Waals surface area contributed by atoms with Crippen LogP contribution >= 0.6 is 11.6 Å². The van der Waals surface area contributed by atoms with Gasteiger partial charge < -0.3 is 5.32 Å². The number of benzene rings is 2. The second-order valence-electron chi connectivity index (χ2n) is 8.25. The molecule has 6 heteroatoms. The van der Waals surface area contributed by atoms with Crippen molar-refractivity contribution in [2.45, 2.75) is 31.1 Å². The fourth-order valence-corrected chi connectivity index (χ4v) is 5.35. The summed E-state index contributed by atoms with van der Waals surface area (Å²) in [5, 5.41) is 3.97. The van der Waals surface area contributed by atoms with Gasteiger partial charge in [0.05, 0.1) is 12.0 Å². The van der Waals surface area contributed by atoms with Crippen LogP contribution in [-0.2, 0) is 5.41 Å². The number of fused-ring (bicyclic) bond motifs is 2. The Kier molecular flexibility index (Phi) is 5.67. The zero-order valence-electron chi connectivity index (χ0n) is 16.7. The van der Waals surface area contributed by atoms with Crippen LogP contribution in [0.4, 0.5) is 14.5 Å². The first-order valence-corrected chi connectivity index (χ1v) is 10.6. The summed E-state index contributed by atoms with van der Waals surface area (Å²) in [6, 6.07) is 9.06. The van der Waals surface area contributed by atoms with Gasteiger partial charge in [0.1, 0.15) is 23.9 Å². The van der Waals surface area contributed by atoms with Gasteiger partial charge in [-0.2, -0.15) is 0 Å². The van der Waals surface area contributed by atoms with Crippen LogP contribution in [0.5, 0.6) is 0 Å². The van der Waals surface area contributed by atoms with Gasteiger partial charge in [0.15, 0.2) is 5.56 Å². The van der Waals surface area contributed by atoms with Gasteiger partial charge in [0.25, 0.3) is 0 Å². The molecule has 4 rings (SSSR count). The second kappa shape index (κ2) is 8.11. The number of nitrogens with one attached hydrogen (secondary N) is 1. The van der Waals surface area contributed by atoms with E-state index in [0.29, 0.717) is 31.0 Å². The van der Waals surface area contributed by atoms with Gasteiger partial charge in [-0.1, -0.05) is 17.7 Å². The lowest BCUT2D eigenvalue weighted by atomic mass is 9.75. The molecule has 30 heavy (non-hydrogen) atoms. The van der Waals surface area contributed by atoms with E-state index < -0.39 is 23.1 Å². The molecule has 2 heterocycles. The number of halogens is 3. The van der Waals surface area contributed by atoms with E-state index in [1.54, 1.807) is 6.07 Å². The van der Waals surface area contributed by atoms with Crippen molar-refractivity contribution in [3.05, 3.63) is 64.2 Å². The van der Waals surface area contributed by atoms with Gasteiger partial charge in [-0.15, -0.1) is 12.3 Å². The summed E-state index contributed by atoms with van der Waals surface area (Å²) >= 11 is 6.34. The highest BCUT2D eigenvalue weighted by Crippen LogP contribution is 2.51. The lowest BCUT2D eigenvalue weighted by Gasteiger charge is -2.37. The van der Waals surface area contributed by atoms with Crippen molar-refractivity contribution < 1.29 is 13.6 Å². The monoisotopic (exact) mass is 429 g/mol. The second-order valence-corrected chi connectivity index (χ2v) is 8.69. The summed E-state index contributed by atoms with van der Waals surface area (Å²) in [6.07, 6.45) is 8.20. The first-order valence-electron chi connectivity index (χ1n) is 10.2. The van der Waals surface area contributed by atoms with E-state index in [2.05, 4.69) is 11.2 Å². The molecule has 1 unspecified atom stereocenters. The maximum atomic E-state index is 14.7. The average Bonchev–Trinajstić information content (AvgIpc) is 2.98. The Hall–Kier alpha value is -2.26. The predicted molar refractivity (Wildman–Crippen MR) is 116 cm³/mol. The summed E-state index contributed by atoms with van der Waals surface area (Å²) in [7, 11) is 0. The Morgan fingerprint density at radius 2 is 1.90 bits per heavy atom. The molecule has 2 aliphatic heterocycles. The number of carbonyl (C=O) groups excluding carboxylic acids is 1. The van der Waals surface area contributed by atoms with Crippen LogP contribution in [0.2, 0.25) is 5.02 Å². The maximum Gasteiger partial charge on any atom is 0.356 e. The molecule has 2 aromatic carbocycles. The third kappa shape index (κ3) is 3.33.